The standard InChI is InChI=1S/C17H12O4/c18-12-7-5-9-10(16(12)19)6-8-14-15(9)17(20)11-3-1-2-4-13(11)21-14/h1-8,12,16,18-19H. The van der Waals surface area contributed by atoms with E-state index in [0.717, 1.165) is 0 Å². The van der Waals surface area contributed by atoms with Gasteiger partial charge < -0.3 is 14.6 Å². The van der Waals surface area contributed by atoms with E-state index in [1.807, 2.05) is 6.07 Å². The number of aliphatic hydroxyl groups is 2. The molecule has 2 N–H and O–H groups in total. The third-order valence-electron chi connectivity index (χ3n) is 3.92. The molecule has 0 bridgehead atoms. The molecule has 1 aliphatic rings. The second-order valence-electron chi connectivity index (χ2n) is 5.16. The number of hydrogen-bond donors (Lipinski definition) is 2. The summed E-state index contributed by atoms with van der Waals surface area (Å²) in [6.07, 6.45) is 1.17. The third-order valence-corrected chi connectivity index (χ3v) is 3.92. The van der Waals surface area contributed by atoms with Crippen LogP contribution in [0.25, 0.3) is 28.0 Å². The summed E-state index contributed by atoms with van der Waals surface area (Å²) in [6, 6.07) is 10.4. The Kier molecular flexibility index (Phi) is 2.51. The van der Waals surface area contributed by atoms with Crippen LogP contribution in [0.15, 0.2) is 51.7 Å². The van der Waals surface area contributed by atoms with E-state index in [9.17, 15) is 15.0 Å². The van der Waals surface area contributed by atoms with Crippen LogP contribution in [0.5, 0.6) is 0 Å². The maximum absolute atomic E-state index is 12.7. The number of aliphatic hydroxyl groups excluding tert-OH is 2. The van der Waals surface area contributed by atoms with Crippen molar-refractivity contribution in [1.29, 1.82) is 0 Å². The summed E-state index contributed by atoms with van der Waals surface area (Å²) in [7, 11) is 0. The zero-order valence-electron chi connectivity index (χ0n) is 11.0. The fraction of sp³-hybridized carbons (Fsp3) is 0.118. The van der Waals surface area contributed by atoms with Gasteiger partial charge in [0, 0.05) is 0 Å². The maximum atomic E-state index is 12.7. The zero-order valence-corrected chi connectivity index (χ0v) is 11.0. The molecule has 0 radical (unpaired) electrons. The number of fused-ring (bicyclic) bond motifs is 4. The molecule has 21 heavy (non-hydrogen) atoms. The van der Waals surface area contributed by atoms with E-state index in [1.54, 1.807) is 36.4 Å². The Balaban J connectivity index is 2.19. The highest BCUT2D eigenvalue weighted by atomic mass is 16.3. The highest BCUT2D eigenvalue weighted by molar-refractivity contribution is 5.95. The monoisotopic (exact) mass is 280 g/mol. The van der Waals surface area contributed by atoms with Gasteiger partial charge in [-0.1, -0.05) is 30.4 Å². The number of para-hydroxylation sites is 1. The molecule has 1 heterocycles. The molecule has 0 amide bonds. The first-order valence-corrected chi connectivity index (χ1v) is 6.69. The Hall–Kier alpha value is -2.43. The summed E-state index contributed by atoms with van der Waals surface area (Å²) >= 11 is 0. The highest BCUT2D eigenvalue weighted by Gasteiger charge is 2.25. The topological polar surface area (TPSA) is 70.7 Å². The van der Waals surface area contributed by atoms with Crippen molar-refractivity contribution in [2.24, 2.45) is 0 Å². The van der Waals surface area contributed by atoms with Crippen molar-refractivity contribution < 1.29 is 14.6 Å². The van der Waals surface area contributed by atoms with Crippen LogP contribution in [0.3, 0.4) is 0 Å². The molecule has 0 aliphatic heterocycles. The normalized spacial score (nSPS) is 20.9. The van der Waals surface area contributed by atoms with Gasteiger partial charge in [-0.2, -0.15) is 0 Å². The summed E-state index contributed by atoms with van der Waals surface area (Å²) in [4.78, 5) is 12.7. The Morgan fingerprint density at radius 2 is 1.81 bits per heavy atom. The second-order valence-corrected chi connectivity index (χ2v) is 5.16. The van der Waals surface area contributed by atoms with Crippen LogP contribution in [0.1, 0.15) is 17.2 Å². The lowest BCUT2D eigenvalue weighted by molar-refractivity contribution is 0.0471. The second kappa shape index (κ2) is 4.28. The first-order valence-electron chi connectivity index (χ1n) is 6.69. The van der Waals surface area contributed by atoms with Crippen molar-refractivity contribution in [3.05, 3.63) is 63.8 Å². The predicted molar refractivity (Wildman–Crippen MR) is 80.0 cm³/mol. The molecule has 2 atom stereocenters. The van der Waals surface area contributed by atoms with E-state index in [4.69, 9.17) is 4.42 Å². The molecule has 0 saturated carbocycles. The number of benzene rings is 2. The van der Waals surface area contributed by atoms with Gasteiger partial charge in [-0.25, -0.2) is 0 Å². The lowest BCUT2D eigenvalue weighted by Gasteiger charge is -2.22. The fourth-order valence-electron chi connectivity index (χ4n) is 2.85. The van der Waals surface area contributed by atoms with Crippen LogP contribution in [-0.4, -0.2) is 16.3 Å². The van der Waals surface area contributed by atoms with Crippen LogP contribution in [0.2, 0.25) is 0 Å². The van der Waals surface area contributed by atoms with Gasteiger partial charge in [0.1, 0.15) is 23.4 Å². The molecule has 1 aromatic heterocycles. The van der Waals surface area contributed by atoms with E-state index < -0.39 is 12.2 Å². The molecule has 0 fully saturated rings. The molecule has 1 aliphatic carbocycles. The average molecular weight is 280 g/mol. The van der Waals surface area contributed by atoms with Crippen molar-refractivity contribution in [2.45, 2.75) is 12.2 Å². The van der Waals surface area contributed by atoms with Crippen molar-refractivity contribution >= 4 is 28.0 Å². The lowest BCUT2D eigenvalue weighted by atomic mass is 9.90. The summed E-state index contributed by atoms with van der Waals surface area (Å²) in [6.45, 7) is 0. The van der Waals surface area contributed by atoms with Crippen LogP contribution in [0, 0.1) is 0 Å². The van der Waals surface area contributed by atoms with Gasteiger partial charge in [-0.3, -0.25) is 4.79 Å². The average Bonchev–Trinajstić information content (AvgIpc) is 2.51. The summed E-state index contributed by atoms with van der Waals surface area (Å²) in [5, 5.41) is 20.7. The first-order chi connectivity index (χ1) is 10.2. The van der Waals surface area contributed by atoms with E-state index in [2.05, 4.69) is 0 Å². The molecular formula is C17H12O4. The van der Waals surface area contributed by atoms with Gasteiger partial charge >= 0.3 is 0 Å². The summed E-state index contributed by atoms with van der Waals surface area (Å²) in [5.74, 6) is 0. The molecule has 104 valence electrons. The molecule has 0 saturated heterocycles. The number of rotatable bonds is 0. The Bertz CT molecular complexity index is 952. The summed E-state index contributed by atoms with van der Waals surface area (Å²) < 4.78 is 5.78. The van der Waals surface area contributed by atoms with Crippen molar-refractivity contribution in [3.8, 4) is 0 Å². The maximum Gasteiger partial charge on any atom is 0.201 e. The first kappa shape index (κ1) is 12.3. The third kappa shape index (κ3) is 1.67. The van der Waals surface area contributed by atoms with Crippen LogP contribution in [0.4, 0.5) is 0 Å². The molecule has 3 aromatic rings. The minimum atomic E-state index is -1.03. The number of hydrogen-bond acceptors (Lipinski definition) is 4. The minimum Gasteiger partial charge on any atom is -0.456 e. The van der Waals surface area contributed by atoms with E-state index >= 15 is 0 Å². The highest BCUT2D eigenvalue weighted by Crippen LogP contribution is 2.33. The van der Waals surface area contributed by atoms with Crippen molar-refractivity contribution in [2.75, 3.05) is 0 Å². The molecule has 2 aromatic carbocycles. The summed E-state index contributed by atoms with van der Waals surface area (Å²) in [5.41, 5.74) is 2.04. The van der Waals surface area contributed by atoms with Gasteiger partial charge in [-0.15, -0.1) is 0 Å². The molecule has 4 rings (SSSR count). The van der Waals surface area contributed by atoms with Crippen LogP contribution < -0.4 is 5.43 Å². The van der Waals surface area contributed by atoms with E-state index in [-0.39, 0.29) is 5.43 Å². The van der Waals surface area contributed by atoms with Gasteiger partial charge in [0.05, 0.1) is 10.8 Å². The Labute approximate surface area is 119 Å². The molecule has 2 unspecified atom stereocenters. The minimum absolute atomic E-state index is 0.128. The van der Waals surface area contributed by atoms with E-state index in [1.165, 1.54) is 6.08 Å². The zero-order chi connectivity index (χ0) is 14.6. The van der Waals surface area contributed by atoms with Gasteiger partial charge in [0.2, 0.25) is 5.43 Å². The van der Waals surface area contributed by atoms with Crippen molar-refractivity contribution in [1.82, 2.24) is 0 Å². The molecule has 4 heteroatoms. The van der Waals surface area contributed by atoms with Crippen LogP contribution >= 0.6 is 0 Å². The smallest absolute Gasteiger partial charge is 0.201 e. The van der Waals surface area contributed by atoms with E-state index in [0.29, 0.717) is 33.1 Å². The van der Waals surface area contributed by atoms with Crippen molar-refractivity contribution in [3.63, 3.8) is 0 Å². The Morgan fingerprint density at radius 1 is 1.00 bits per heavy atom. The molecule has 0 spiro atoms. The predicted octanol–water partition coefficient (Wildman–Crippen LogP) is 2.37. The largest absolute Gasteiger partial charge is 0.456 e. The van der Waals surface area contributed by atoms with Gasteiger partial charge in [0.15, 0.2) is 0 Å². The SMILES string of the molecule is O=c1c2ccccc2oc2ccc3c(c12)C=CC(O)C3O. The molecule has 4 nitrogen and oxygen atoms in total. The Morgan fingerprint density at radius 3 is 2.67 bits per heavy atom. The molecular weight excluding hydrogens is 268 g/mol. The lowest BCUT2D eigenvalue weighted by Crippen LogP contribution is -2.20. The van der Waals surface area contributed by atoms with Gasteiger partial charge in [0.25, 0.3) is 0 Å². The fourth-order valence-corrected chi connectivity index (χ4v) is 2.85. The van der Waals surface area contributed by atoms with Crippen LogP contribution in [-0.2, 0) is 0 Å². The quantitative estimate of drug-likeness (QED) is 0.620. The van der Waals surface area contributed by atoms with Gasteiger partial charge in [-0.05, 0) is 29.3 Å².